The summed E-state index contributed by atoms with van der Waals surface area (Å²) in [5, 5.41) is 0. The summed E-state index contributed by atoms with van der Waals surface area (Å²) in [5.74, 6) is 0.541. The highest BCUT2D eigenvalue weighted by Gasteiger charge is 2.22. The molecule has 0 heterocycles. The number of ether oxygens (including phenoxy) is 2. The van der Waals surface area contributed by atoms with Crippen molar-refractivity contribution in [1.82, 2.24) is 0 Å². The van der Waals surface area contributed by atoms with Crippen molar-refractivity contribution in [3.63, 3.8) is 0 Å². The van der Waals surface area contributed by atoms with Gasteiger partial charge in [-0.1, -0.05) is 38.8 Å². The zero-order chi connectivity index (χ0) is 22.3. The second-order valence-corrected chi connectivity index (χ2v) is 7.92. The Balaban J connectivity index is 2.58. The highest BCUT2D eigenvalue weighted by molar-refractivity contribution is 5.87. The van der Waals surface area contributed by atoms with Crippen LogP contribution >= 0.6 is 0 Å². The molecule has 2 aromatic carbocycles. The van der Waals surface area contributed by atoms with Crippen LogP contribution in [-0.4, -0.2) is 11.9 Å². The fraction of sp³-hybridized carbons (Fsp3) is 0.462. The first-order valence-electron chi connectivity index (χ1n) is 10.9. The number of aryl methyl sites for hydroxylation is 2. The van der Waals surface area contributed by atoms with Gasteiger partial charge in [0.25, 0.3) is 0 Å². The van der Waals surface area contributed by atoms with Crippen LogP contribution in [-0.2, 0) is 9.59 Å². The number of rotatable bonds is 9. The van der Waals surface area contributed by atoms with Crippen molar-refractivity contribution in [2.45, 2.75) is 80.1 Å². The van der Waals surface area contributed by atoms with Crippen LogP contribution in [0.4, 0.5) is 0 Å². The number of hydrogen-bond acceptors (Lipinski definition) is 4. The Morgan fingerprint density at radius 3 is 1.37 bits per heavy atom. The van der Waals surface area contributed by atoms with Crippen molar-refractivity contribution >= 4 is 11.9 Å². The summed E-state index contributed by atoms with van der Waals surface area (Å²) in [6, 6.07) is 7.59. The molecule has 0 saturated carbocycles. The van der Waals surface area contributed by atoms with E-state index in [9.17, 15) is 9.59 Å². The van der Waals surface area contributed by atoms with E-state index in [1.807, 2.05) is 65.8 Å². The Labute approximate surface area is 180 Å². The standard InChI is InChI=1S/C26H34O4/c1-7-9-11-23(27)29-21-15-13-17(3)19(5)25(21)26-20(6)18(4)14-16-22(26)30-24(28)12-10-8-2/h13-16H,7-12H2,1-6H3. The summed E-state index contributed by atoms with van der Waals surface area (Å²) in [5.41, 5.74) is 5.83. The molecule has 0 unspecified atom stereocenters. The maximum absolute atomic E-state index is 12.4. The van der Waals surface area contributed by atoms with Gasteiger partial charge >= 0.3 is 11.9 Å². The number of hydrogen-bond donors (Lipinski definition) is 0. The average molecular weight is 411 g/mol. The second-order valence-electron chi connectivity index (χ2n) is 7.92. The quantitative estimate of drug-likeness (QED) is 0.338. The topological polar surface area (TPSA) is 52.6 Å². The van der Waals surface area contributed by atoms with E-state index < -0.39 is 0 Å². The molecule has 0 amide bonds. The first-order valence-corrected chi connectivity index (χ1v) is 10.9. The van der Waals surface area contributed by atoms with Crippen molar-refractivity contribution in [2.75, 3.05) is 0 Å². The van der Waals surface area contributed by atoms with E-state index in [1.165, 1.54) is 0 Å². The van der Waals surface area contributed by atoms with Crippen LogP contribution in [0.15, 0.2) is 24.3 Å². The summed E-state index contributed by atoms with van der Waals surface area (Å²) in [6.07, 6.45) is 4.22. The number of esters is 2. The molecule has 4 heteroatoms. The summed E-state index contributed by atoms with van der Waals surface area (Å²) in [7, 11) is 0. The maximum Gasteiger partial charge on any atom is 0.311 e. The van der Waals surface area contributed by atoms with E-state index in [1.54, 1.807) is 0 Å². The first kappa shape index (κ1) is 23.7. The third kappa shape index (κ3) is 5.71. The first-order chi connectivity index (χ1) is 14.3. The molecule has 0 saturated heterocycles. The van der Waals surface area contributed by atoms with Gasteiger partial charge < -0.3 is 9.47 Å². The number of carbonyl (C=O) groups excluding carboxylic acids is 2. The Hall–Kier alpha value is -2.62. The van der Waals surface area contributed by atoms with E-state index >= 15 is 0 Å². The van der Waals surface area contributed by atoms with Crippen LogP contribution < -0.4 is 9.47 Å². The smallest absolute Gasteiger partial charge is 0.311 e. The minimum absolute atomic E-state index is 0.242. The third-order valence-corrected chi connectivity index (χ3v) is 5.56. The SMILES string of the molecule is CCCCC(=O)Oc1ccc(C)c(C)c1-c1c(OC(=O)CCCC)ccc(C)c1C. The minimum atomic E-state index is -0.242. The molecular weight excluding hydrogens is 376 g/mol. The molecule has 0 radical (unpaired) electrons. The van der Waals surface area contributed by atoms with Gasteiger partial charge in [0.05, 0.1) is 0 Å². The van der Waals surface area contributed by atoms with Gasteiger partial charge in [0.2, 0.25) is 0 Å². The molecule has 0 aromatic heterocycles. The molecule has 2 aromatic rings. The predicted molar refractivity (Wildman–Crippen MR) is 121 cm³/mol. The maximum atomic E-state index is 12.4. The van der Waals surface area contributed by atoms with Crippen molar-refractivity contribution in [3.8, 4) is 22.6 Å². The van der Waals surface area contributed by atoms with Gasteiger partial charge in [-0.15, -0.1) is 0 Å². The van der Waals surface area contributed by atoms with Crippen molar-refractivity contribution in [2.24, 2.45) is 0 Å². The van der Waals surface area contributed by atoms with Gasteiger partial charge in [0, 0.05) is 24.0 Å². The van der Waals surface area contributed by atoms with Crippen molar-refractivity contribution < 1.29 is 19.1 Å². The molecule has 0 aliphatic heterocycles. The normalized spacial score (nSPS) is 10.7. The molecule has 2 rings (SSSR count). The van der Waals surface area contributed by atoms with E-state index in [0.29, 0.717) is 24.3 Å². The van der Waals surface area contributed by atoms with Gasteiger partial charge in [-0.3, -0.25) is 9.59 Å². The molecule has 0 bridgehead atoms. The Morgan fingerprint density at radius 2 is 1.03 bits per heavy atom. The lowest BCUT2D eigenvalue weighted by atomic mass is 9.90. The van der Waals surface area contributed by atoms with Crippen LogP contribution in [0.2, 0.25) is 0 Å². The van der Waals surface area contributed by atoms with E-state index in [0.717, 1.165) is 59.1 Å². The van der Waals surface area contributed by atoms with Crippen LogP contribution in [0, 0.1) is 27.7 Å². The average Bonchev–Trinajstić information content (AvgIpc) is 2.72. The highest BCUT2D eigenvalue weighted by Crippen LogP contribution is 2.43. The number of unbranched alkanes of at least 4 members (excludes halogenated alkanes) is 2. The van der Waals surface area contributed by atoms with Crippen LogP contribution in [0.1, 0.15) is 74.6 Å². The van der Waals surface area contributed by atoms with E-state index in [2.05, 4.69) is 0 Å². The number of benzene rings is 2. The molecule has 30 heavy (non-hydrogen) atoms. The molecule has 162 valence electrons. The molecule has 0 N–H and O–H groups in total. The fourth-order valence-electron chi connectivity index (χ4n) is 3.36. The summed E-state index contributed by atoms with van der Waals surface area (Å²) >= 11 is 0. The lowest BCUT2D eigenvalue weighted by Gasteiger charge is -2.20. The van der Waals surface area contributed by atoms with Gasteiger partial charge in [-0.25, -0.2) is 0 Å². The molecular formula is C26H34O4. The van der Waals surface area contributed by atoms with E-state index in [-0.39, 0.29) is 11.9 Å². The third-order valence-electron chi connectivity index (χ3n) is 5.56. The van der Waals surface area contributed by atoms with Crippen molar-refractivity contribution in [1.29, 1.82) is 0 Å². The fourth-order valence-corrected chi connectivity index (χ4v) is 3.36. The zero-order valence-electron chi connectivity index (χ0n) is 19.2. The second kappa shape index (κ2) is 11.0. The molecule has 0 atom stereocenters. The molecule has 0 aliphatic rings. The van der Waals surface area contributed by atoms with Crippen LogP contribution in [0.25, 0.3) is 11.1 Å². The Kier molecular flexibility index (Phi) is 8.64. The summed E-state index contributed by atoms with van der Waals surface area (Å²) in [4.78, 5) is 24.8. The van der Waals surface area contributed by atoms with Crippen LogP contribution in [0.3, 0.4) is 0 Å². The zero-order valence-corrected chi connectivity index (χ0v) is 19.2. The van der Waals surface area contributed by atoms with Gasteiger partial charge in [-0.2, -0.15) is 0 Å². The Morgan fingerprint density at radius 1 is 0.667 bits per heavy atom. The van der Waals surface area contributed by atoms with Gasteiger partial charge in [0.15, 0.2) is 0 Å². The highest BCUT2D eigenvalue weighted by atomic mass is 16.5. The summed E-state index contributed by atoms with van der Waals surface area (Å²) < 4.78 is 11.6. The van der Waals surface area contributed by atoms with Gasteiger partial charge in [0.1, 0.15) is 11.5 Å². The molecule has 0 fully saturated rings. The number of carbonyl (C=O) groups is 2. The molecule has 0 spiro atoms. The molecule has 4 nitrogen and oxygen atoms in total. The van der Waals surface area contributed by atoms with Crippen molar-refractivity contribution in [3.05, 3.63) is 46.5 Å². The summed E-state index contributed by atoms with van der Waals surface area (Å²) in [6.45, 7) is 12.2. The van der Waals surface area contributed by atoms with Crippen LogP contribution in [0.5, 0.6) is 11.5 Å². The largest absolute Gasteiger partial charge is 0.426 e. The predicted octanol–water partition coefficient (Wildman–Crippen LogP) is 6.78. The lowest BCUT2D eigenvalue weighted by Crippen LogP contribution is -2.11. The lowest BCUT2D eigenvalue weighted by molar-refractivity contribution is -0.135. The molecule has 0 aliphatic carbocycles. The van der Waals surface area contributed by atoms with E-state index in [4.69, 9.17) is 9.47 Å². The minimum Gasteiger partial charge on any atom is -0.426 e. The Bertz CT molecular complexity index is 836. The van der Waals surface area contributed by atoms with Gasteiger partial charge in [-0.05, 0) is 74.9 Å². The monoisotopic (exact) mass is 410 g/mol.